The Kier molecular flexibility index (Phi) is 3.93. The Morgan fingerprint density at radius 3 is 2.95 bits per heavy atom. The molecule has 0 N–H and O–H groups in total. The van der Waals surface area contributed by atoms with Crippen LogP contribution in [0.25, 0.3) is 5.65 Å². The first-order chi connectivity index (χ1) is 9.78. The van der Waals surface area contributed by atoms with Crippen molar-refractivity contribution in [3.05, 3.63) is 52.6 Å². The normalized spacial score (nSPS) is 10.9. The van der Waals surface area contributed by atoms with Crippen molar-refractivity contribution in [1.29, 1.82) is 0 Å². The van der Waals surface area contributed by atoms with Crippen molar-refractivity contribution in [2.45, 2.75) is 10.9 Å². The number of thioether (sulfide) groups is 1. The van der Waals surface area contributed by atoms with Crippen LogP contribution >= 0.6 is 27.7 Å². The average Bonchev–Trinajstić information content (AvgIpc) is 2.88. The van der Waals surface area contributed by atoms with Crippen molar-refractivity contribution < 1.29 is 4.74 Å². The zero-order valence-corrected chi connectivity index (χ0v) is 13.2. The Balaban J connectivity index is 1.78. The van der Waals surface area contributed by atoms with Gasteiger partial charge in [-0.2, -0.15) is 0 Å². The zero-order valence-electron chi connectivity index (χ0n) is 10.8. The Labute approximate surface area is 129 Å². The molecule has 2 heterocycles. The molecule has 20 heavy (non-hydrogen) atoms. The van der Waals surface area contributed by atoms with E-state index in [4.69, 9.17) is 4.74 Å². The van der Waals surface area contributed by atoms with Crippen LogP contribution in [0.15, 0.2) is 52.2 Å². The maximum atomic E-state index is 5.23. The van der Waals surface area contributed by atoms with E-state index in [-0.39, 0.29) is 0 Å². The number of halogens is 1. The third kappa shape index (κ3) is 2.66. The van der Waals surface area contributed by atoms with Gasteiger partial charge in [0.2, 0.25) is 0 Å². The maximum Gasteiger partial charge on any atom is 0.195 e. The lowest BCUT2D eigenvalue weighted by Crippen LogP contribution is -1.89. The largest absolute Gasteiger partial charge is 0.496 e. The number of pyridine rings is 1. The lowest BCUT2D eigenvalue weighted by molar-refractivity contribution is 0.412. The third-order valence-corrected chi connectivity index (χ3v) is 4.50. The van der Waals surface area contributed by atoms with E-state index in [0.29, 0.717) is 0 Å². The van der Waals surface area contributed by atoms with Crippen LogP contribution in [0.2, 0.25) is 0 Å². The molecule has 102 valence electrons. The summed E-state index contributed by atoms with van der Waals surface area (Å²) >= 11 is 5.16. The number of hydrogen-bond acceptors (Lipinski definition) is 4. The van der Waals surface area contributed by atoms with Gasteiger partial charge >= 0.3 is 0 Å². The number of hydrogen-bond donors (Lipinski definition) is 0. The predicted molar refractivity (Wildman–Crippen MR) is 83.2 cm³/mol. The number of ether oxygens (including phenoxy) is 1. The van der Waals surface area contributed by atoms with Gasteiger partial charge < -0.3 is 4.74 Å². The molecule has 6 heteroatoms. The first-order valence-electron chi connectivity index (χ1n) is 6.03. The summed E-state index contributed by atoms with van der Waals surface area (Å²) in [5, 5.41) is 9.24. The van der Waals surface area contributed by atoms with Crippen molar-refractivity contribution in [3.63, 3.8) is 0 Å². The van der Waals surface area contributed by atoms with E-state index >= 15 is 0 Å². The Morgan fingerprint density at radius 2 is 2.15 bits per heavy atom. The number of benzene rings is 1. The van der Waals surface area contributed by atoms with Crippen molar-refractivity contribution in [2.75, 3.05) is 7.11 Å². The monoisotopic (exact) mass is 349 g/mol. The minimum Gasteiger partial charge on any atom is -0.496 e. The number of methoxy groups -OCH3 is 1. The lowest BCUT2D eigenvalue weighted by Gasteiger charge is -2.05. The molecule has 0 unspecified atom stereocenters. The molecular formula is C14H12BrN3OS. The van der Waals surface area contributed by atoms with Gasteiger partial charge in [0, 0.05) is 11.9 Å². The standard InChI is InChI=1S/C14H12BrN3OS/c1-19-12-6-5-10(8-11(12)15)9-20-14-17-16-13-4-2-3-7-18(13)14/h2-8H,9H2,1H3. The molecule has 0 aliphatic rings. The fourth-order valence-electron chi connectivity index (χ4n) is 1.87. The highest BCUT2D eigenvalue weighted by Gasteiger charge is 2.07. The highest BCUT2D eigenvalue weighted by atomic mass is 79.9. The molecule has 3 aromatic rings. The SMILES string of the molecule is COc1ccc(CSc2nnc3ccccn23)cc1Br. The molecule has 4 nitrogen and oxygen atoms in total. The van der Waals surface area contributed by atoms with Gasteiger partial charge in [-0.05, 0) is 45.8 Å². The molecule has 0 spiro atoms. The van der Waals surface area contributed by atoms with E-state index < -0.39 is 0 Å². The summed E-state index contributed by atoms with van der Waals surface area (Å²) in [4.78, 5) is 0. The van der Waals surface area contributed by atoms with Crippen LogP contribution in [0.3, 0.4) is 0 Å². The fraction of sp³-hybridized carbons (Fsp3) is 0.143. The highest BCUT2D eigenvalue weighted by Crippen LogP contribution is 2.28. The molecule has 3 rings (SSSR count). The molecule has 0 aliphatic carbocycles. The van der Waals surface area contributed by atoms with Gasteiger partial charge in [-0.25, -0.2) is 0 Å². The van der Waals surface area contributed by atoms with Crippen molar-refractivity contribution in [2.24, 2.45) is 0 Å². The van der Waals surface area contributed by atoms with E-state index in [1.54, 1.807) is 18.9 Å². The van der Waals surface area contributed by atoms with Gasteiger partial charge in [0.1, 0.15) is 5.75 Å². The number of fused-ring (bicyclic) bond motifs is 1. The van der Waals surface area contributed by atoms with Crippen LogP contribution in [-0.4, -0.2) is 21.7 Å². The van der Waals surface area contributed by atoms with E-state index in [0.717, 1.165) is 26.8 Å². The first kappa shape index (κ1) is 13.5. The second kappa shape index (κ2) is 5.85. The number of rotatable bonds is 4. The minimum absolute atomic E-state index is 0.832. The smallest absolute Gasteiger partial charge is 0.195 e. The highest BCUT2D eigenvalue weighted by molar-refractivity contribution is 9.10. The van der Waals surface area contributed by atoms with E-state index in [2.05, 4.69) is 38.3 Å². The number of aromatic nitrogens is 3. The van der Waals surface area contributed by atoms with Crippen LogP contribution < -0.4 is 4.74 Å². The van der Waals surface area contributed by atoms with Gasteiger partial charge in [-0.1, -0.05) is 23.9 Å². The molecule has 1 aromatic carbocycles. The minimum atomic E-state index is 0.832. The molecule has 0 amide bonds. The summed E-state index contributed by atoms with van der Waals surface area (Å²) in [6, 6.07) is 12.0. The van der Waals surface area contributed by atoms with Gasteiger partial charge in [0.05, 0.1) is 11.6 Å². The fourth-order valence-corrected chi connectivity index (χ4v) is 3.32. The lowest BCUT2D eigenvalue weighted by atomic mass is 10.2. The topological polar surface area (TPSA) is 39.4 Å². The van der Waals surface area contributed by atoms with E-state index in [1.807, 2.05) is 34.9 Å². The quantitative estimate of drug-likeness (QED) is 0.671. The van der Waals surface area contributed by atoms with Crippen molar-refractivity contribution >= 4 is 33.3 Å². The average molecular weight is 350 g/mol. The van der Waals surface area contributed by atoms with E-state index in [1.165, 1.54) is 5.56 Å². The molecule has 0 bridgehead atoms. The molecule has 0 aliphatic heterocycles. The molecule has 0 saturated heterocycles. The van der Waals surface area contributed by atoms with Crippen molar-refractivity contribution in [3.8, 4) is 5.75 Å². The van der Waals surface area contributed by atoms with Gasteiger partial charge in [-0.15, -0.1) is 10.2 Å². The Bertz CT molecular complexity index is 744. The predicted octanol–water partition coefficient (Wildman–Crippen LogP) is 3.79. The van der Waals surface area contributed by atoms with Gasteiger partial charge in [-0.3, -0.25) is 4.40 Å². The Hall–Kier alpha value is -1.53. The summed E-state index contributed by atoms with van der Waals surface area (Å²) in [7, 11) is 1.66. The van der Waals surface area contributed by atoms with Gasteiger partial charge in [0.15, 0.2) is 10.8 Å². The summed E-state index contributed by atoms with van der Waals surface area (Å²) < 4.78 is 8.18. The van der Waals surface area contributed by atoms with E-state index in [9.17, 15) is 0 Å². The summed E-state index contributed by atoms with van der Waals surface area (Å²) in [6.45, 7) is 0. The summed E-state index contributed by atoms with van der Waals surface area (Å²) in [5.41, 5.74) is 2.07. The third-order valence-electron chi connectivity index (χ3n) is 2.87. The Morgan fingerprint density at radius 1 is 1.25 bits per heavy atom. The molecular weight excluding hydrogens is 338 g/mol. The zero-order chi connectivity index (χ0) is 13.9. The molecule has 0 saturated carbocycles. The van der Waals surface area contributed by atoms with Gasteiger partial charge in [0.25, 0.3) is 0 Å². The van der Waals surface area contributed by atoms with Crippen LogP contribution in [0, 0.1) is 0 Å². The molecule has 0 atom stereocenters. The molecule has 2 aromatic heterocycles. The van der Waals surface area contributed by atoms with Crippen LogP contribution in [0.1, 0.15) is 5.56 Å². The van der Waals surface area contributed by atoms with Crippen LogP contribution in [0.5, 0.6) is 5.75 Å². The first-order valence-corrected chi connectivity index (χ1v) is 7.81. The molecule has 0 fully saturated rings. The van der Waals surface area contributed by atoms with Crippen molar-refractivity contribution in [1.82, 2.24) is 14.6 Å². The maximum absolute atomic E-state index is 5.23. The summed E-state index contributed by atoms with van der Waals surface area (Å²) in [6.07, 6.45) is 1.97. The van der Waals surface area contributed by atoms with Crippen LogP contribution in [-0.2, 0) is 5.75 Å². The van der Waals surface area contributed by atoms with Crippen LogP contribution in [0.4, 0.5) is 0 Å². The second-order valence-corrected chi connectivity index (χ2v) is 5.97. The summed E-state index contributed by atoms with van der Waals surface area (Å²) in [5.74, 6) is 1.67. The number of nitrogens with zero attached hydrogens (tertiary/aromatic N) is 3. The second-order valence-electron chi connectivity index (χ2n) is 4.17. The molecule has 0 radical (unpaired) electrons.